The van der Waals surface area contributed by atoms with Crippen molar-refractivity contribution in [1.29, 1.82) is 0 Å². The number of hydrogen-bond donors (Lipinski definition) is 4. The van der Waals surface area contributed by atoms with Crippen molar-refractivity contribution in [3.63, 3.8) is 0 Å². The molecule has 2 aromatic rings. The quantitative estimate of drug-likeness (QED) is 0.161. The van der Waals surface area contributed by atoms with Crippen LogP contribution in [0, 0.1) is 17.6 Å². The fourth-order valence-electron chi connectivity index (χ4n) is 5.11. The van der Waals surface area contributed by atoms with Gasteiger partial charge in [-0.05, 0) is 42.9 Å². The minimum atomic E-state index is -3.01. The molecule has 252 valence electrons. The Bertz CT molecular complexity index is 1340. The zero-order valence-corrected chi connectivity index (χ0v) is 25.6. The van der Waals surface area contributed by atoms with Crippen LogP contribution in [0.3, 0.4) is 0 Å². The molecule has 1 unspecified atom stereocenters. The molecule has 0 aliphatic carbocycles. The molecule has 1 fully saturated rings. The van der Waals surface area contributed by atoms with Gasteiger partial charge in [0.05, 0.1) is 11.7 Å². The van der Waals surface area contributed by atoms with E-state index in [-0.39, 0.29) is 13.0 Å². The van der Waals surface area contributed by atoms with Crippen LogP contribution >= 0.6 is 0 Å². The van der Waals surface area contributed by atoms with Crippen LogP contribution in [0.15, 0.2) is 42.5 Å². The predicted molar refractivity (Wildman–Crippen MR) is 158 cm³/mol. The molecular weight excluding hydrogens is 614 g/mol. The van der Waals surface area contributed by atoms with Crippen LogP contribution in [0.4, 0.5) is 17.6 Å². The van der Waals surface area contributed by atoms with Gasteiger partial charge in [-0.3, -0.25) is 14.4 Å². The molecule has 0 radical (unpaired) electrons. The number of amides is 3. The SMILES string of the molecule is CC(C)[C@H](O)C(=O)N1C[C@H](OCCCc2ccccc2)CC1C(=O)N[C@@H](CC(F)F)C(=O)NCCc1c(F)cc(C(=O)O)cc1F. The average molecular weight is 654 g/mol. The van der Waals surface area contributed by atoms with Gasteiger partial charge in [0, 0.05) is 38.1 Å². The molecule has 2 aromatic carbocycles. The van der Waals surface area contributed by atoms with Crippen molar-refractivity contribution in [3.8, 4) is 0 Å². The number of carboxylic acid groups (broad SMARTS) is 1. The van der Waals surface area contributed by atoms with Crippen LogP contribution in [0.1, 0.15) is 54.6 Å². The molecule has 0 saturated carbocycles. The van der Waals surface area contributed by atoms with Gasteiger partial charge in [0.25, 0.3) is 5.91 Å². The highest BCUT2D eigenvalue weighted by molar-refractivity contribution is 5.93. The molecule has 10 nitrogen and oxygen atoms in total. The molecular formula is C32H39F4N3O7. The average Bonchev–Trinajstić information content (AvgIpc) is 3.44. The summed E-state index contributed by atoms with van der Waals surface area (Å²) >= 11 is 0. The Hall–Kier alpha value is -4.04. The van der Waals surface area contributed by atoms with Crippen LogP contribution in [-0.2, 0) is 32.0 Å². The summed E-state index contributed by atoms with van der Waals surface area (Å²) in [6, 6.07) is 7.96. The van der Waals surface area contributed by atoms with E-state index < -0.39 is 102 Å². The highest BCUT2D eigenvalue weighted by Crippen LogP contribution is 2.24. The number of aliphatic hydroxyl groups is 1. The maximum absolute atomic E-state index is 14.3. The van der Waals surface area contributed by atoms with Crippen molar-refractivity contribution in [1.82, 2.24) is 15.5 Å². The minimum Gasteiger partial charge on any atom is -0.478 e. The van der Waals surface area contributed by atoms with Gasteiger partial charge < -0.3 is 30.5 Å². The summed E-state index contributed by atoms with van der Waals surface area (Å²) in [7, 11) is 0. The highest BCUT2D eigenvalue weighted by atomic mass is 19.3. The third-order valence-electron chi connectivity index (χ3n) is 7.65. The number of aryl methyl sites for hydroxylation is 1. The number of nitrogens with one attached hydrogen (secondary N) is 2. The fourth-order valence-corrected chi connectivity index (χ4v) is 5.11. The number of nitrogens with zero attached hydrogens (tertiary/aromatic N) is 1. The summed E-state index contributed by atoms with van der Waals surface area (Å²) in [6.45, 7) is 3.11. The van der Waals surface area contributed by atoms with E-state index in [1.54, 1.807) is 13.8 Å². The summed E-state index contributed by atoms with van der Waals surface area (Å²) in [5, 5.41) is 23.9. The molecule has 4 atom stereocenters. The molecule has 0 bridgehead atoms. The first-order valence-corrected chi connectivity index (χ1v) is 15.0. The number of ether oxygens (including phenoxy) is 1. The first-order valence-electron chi connectivity index (χ1n) is 15.0. The van der Waals surface area contributed by atoms with E-state index in [0.717, 1.165) is 16.9 Å². The normalized spacial score (nSPS) is 17.6. The smallest absolute Gasteiger partial charge is 0.335 e. The van der Waals surface area contributed by atoms with Crippen LogP contribution in [0.25, 0.3) is 0 Å². The maximum atomic E-state index is 14.3. The molecule has 14 heteroatoms. The van der Waals surface area contributed by atoms with Crippen molar-refractivity contribution in [2.75, 3.05) is 19.7 Å². The molecule has 1 heterocycles. The molecule has 1 aliphatic heterocycles. The van der Waals surface area contributed by atoms with Crippen molar-refractivity contribution < 1.29 is 51.7 Å². The summed E-state index contributed by atoms with van der Waals surface area (Å²) < 4.78 is 61.3. The summed E-state index contributed by atoms with van der Waals surface area (Å²) in [5.41, 5.74) is -0.0117. The topological polar surface area (TPSA) is 145 Å². The Balaban J connectivity index is 1.65. The molecule has 1 saturated heterocycles. The van der Waals surface area contributed by atoms with Crippen molar-refractivity contribution >= 4 is 23.7 Å². The van der Waals surface area contributed by atoms with Crippen molar-refractivity contribution in [2.24, 2.45) is 5.92 Å². The minimum absolute atomic E-state index is 0.00162. The Labute approximate surface area is 264 Å². The standard InChI is InChI=1S/C32H39F4N3O7/c1-18(2)28(40)31(43)39-17-21(46-12-6-9-19-7-4-3-5-8-19)15-26(39)30(42)38-25(16-27(35)36)29(41)37-11-10-22-23(33)13-20(32(44)45)14-24(22)34/h3-5,7-8,13-14,18,21,25-28,40H,6,9-12,15-17H2,1-2H3,(H,37,41)(H,38,42)(H,44,45)/t21-,25+,26?,28+/m1/s1. The molecule has 1 aliphatic rings. The number of likely N-dealkylation sites (tertiary alicyclic amines) is 1. The number of halogens is 4. The summed E-state index contributed by atoms with van der Waals surface area (Å²) in [4.78, 5) is 51.4. The first kappa shape index (κ1) is 36.4. The van der Waals surface area contributed by atoms with Crippen molar-refractivity contribution in [2.45, 2.75) is 76.7 Å². The largest absolute Gasteiger partial charge is 0.478 e. The molecule has 3 rings (SSSR count). The van der Waals surface area contributed by atoms with E-state index in [9.17, 15) is 41.8 Å². The lowest BCUT2D eigenvalue weighted by Gasteiger charge is -2.28. The monoisotopic (exact) mass is 653 g/mol. The lowest BCUT2D eigenvalue weighted by Crippen LogP contribution is -2.55. The molecule has 0 aromatic heterocycles. The Morgan fingerprint density at radius 3 is 2.28 bits per heavy atom. The third-order valence-corrected chi connectivity index (χ3v) is 7.65. The number of alkyl halides is 2. The Morgan fingerprint density at radius 1 is 1.04 bits per heavy atom. The van der Waals surface area contributed by atoms with Gasteiger partial charge in [0.1, 0.15) is 29.8 Å². The molecule has 0 spiro atoms. The van der Waals surface area contributed by atoms with E-state index in [1.165, 1.54) is 0 Å². The van der Waals surface area contributed by atoms with Crippen LogP contribution in [0.5, 0.6) is 0 Å². The van der Waals surface area contributed by atoms with Crippen LogP contribution in [-0.4, -0.2) is 89.2 Å². The second kappa shape index (κ2) is 17.0. The van der Waals surface area contributed by atoms with Crippen molar-refractivity contribution in [3.05, 3.63) is 70.8 Å². The van der Waals surface area contributed by atoms with Gasteiger partial charge in [-0.2, -0.15) is 0 Å². The number of carbonyl (C=O) groups excluding carboxylic acids is 3. The van der Waals surface area contributed by atoms with E-state index >= 15 is 0 Å². The van der Waals surface area contributed by atoms with E-state index in [2.05, 4.69) is 10.6 Å². The molecule has 46 heavy (non-hydrogen) atoms. The van der Waals surface area contributed by atoms with Gasteiger partial charge in [-0.1, -0.05) is 44.2 Å². The van der Waals surface area contributed by atoms with Gasteiger partial charge >= 0.3 is 5.97 Å². The van der Waals surface area contributed by atoms with Gasteiger partial charge in [-0.15, -0.1) is 0 Å². The second-order valence-corrected chi connectivity index (χ2v) is 11.5. The predicted octanol–water partition coefficient (Wildman–Crippen LogP) is 3.10. The van der Waals surface area contributed by atoms with Crippen LogP contribution in [0.2, 0.25) is 0 Å². The number of aromatic carboxylic acids is 1. The van der Waals surface area contributed by atoms with Gasteiger partial charge in [0.2, 0.25) is 18.2 Å². The zero-order chi connectivity index (χ0) is 34.0. The first-order chi connectivity index (χ1) is 21.8. The number of aliphatic hydroxyl groups excluding tert-OH is 1. The highest BCUT2D eigenvalue weighted by Gasteiger charge is 2.43. The fraction of sp³-hybridized carbons (Fsp3) is 0.500. The van der Waals surface area contributed by atoms with E-state index in [1.807, 2.05) is 30.3 Å². The van der Waals surface area contributed by atoms with E-state index in [0.29, 0.717) is 25.2 Å². The number of carbonyl (C=O) groups is 4. The lowest BCUT2D eigenvalue weighted by atomic mass is 10.1. The number of hydrogen-bond acceptors (Lipinski definition) is 6. The Kier molecular flexibility index (Phi) is 13.5. The van der Waals surface area contributed by atoms with E-state index in [4.69, 9.17) is 9.84 Å². The maximum Gasteiger partial charge on any atom is 0.335 e. The Morgan fingerprint density at radius 2 is 1.70 bits per heavy atom. The number of rotatable bonds is 16. The summed E-state index contributed by atoms with van der Waals surface area (Å²) in [5.74, 6) is -7.02. The van der Waals surface area contributed by atoms with Gasteiger partial charge in [0.15, 0.2) is 0 Å². The molecule has 4 N–H and O–H groups in total. The summed E-state index contributed by atoms with van der Waals surface area (Å²) in [6.07, 6.45) is -5.15. The number of benzene rings is 2. The van der Waals surface area contributed by atoms with Gasteiger partial charge in [-0.25, -0.2) is 22.4 Å². The van der Waals surface area contributed by atoms with Crippen LogP contribution < -0.4 is 10.6 Å². The number of carboxylic acids is 1. The molecule has 3 amide bonds. The lowest BCUT2D eigenvalue weighted by molar-refractivity contribution is -0.147. The second-order valence-electron chi connectivity index (χ2n) is 11.5. The third kappa shape index (κ3) is 10.2. The zero-order valence-electron chi connectivity index (χ0n) is 25.6.